The molecule has 0 aliphatic carbocycles. The van der Waals surface area contributed by atoms with Crippen LogP contribution in [0.15, 0.2) is 40.9 Å². The zero-order chi connectivity index (χ0) is 14.9. The lowest BCUT2D eigenvalue weighted by Crippen LogP contribution is -2.09. The molecule has 1 unspecified atom stereocenters. The van der Waals surface area contributed by atoms with E-state index in [0.29, 0.717) is 10.0 Å². The molecule has 0 saturated heterocycles. The molecule has 2 nitrogen and oxygen atoms in total. The highest BCUT2D eigenvalue weighted by Gasteiger charge is 2.18. The molecule has 0 amide bonds. The summed E-state index contributed by atoms with van der Waals surface area (Å²) in [5.74, 6) is -0.606. The molecule has 0 heterocycles. The first-order valence-electron chi connectivity index (χ1n) is 6.00. The van der Waals surface area contributed by atoms with Gasteiger partial charge in [0.15, 0.2) is 0 Å². The van der Waals surface area contributed by atoms with Crippen molar-refractivity contribution in [3.63, 3.8) is 0 Å². The van der Waals surface area contributed by atoms with Crippen LogP contribution in [0.4, 0.5) is 10.1 Å². The fraction of sp³-hybridized carbons (Fsp3) is 0.200. The molecule has 0 saturated carbocycles. The number of rotatable bonds is 3. The van der Waals surface area contributed by atoms with Gasteiger partial charge in [0, 0.05) is 29.8 Å². The molecule has 20 heavy (non-hydrogen) atoms. The van der Waals surface area contributed by atoms with E-state index in [1.807, 2.05) is 31.1 Å². The first-order valence-corrected chi connectivity index (χ1v) is 7.17. The number of anilines is 1. The molecule has 1 atom stereocenters. The molecule has 0 aromatic heterocycles. The zero-order valence-corrected chi connectivity index (χ0v) is 13.4. The molecule has 1 N–H and O–H groups in total. The molecule has 0 aliphatic rings. The topological polar surface area (TPSA) is 23.5 Å². The van der Waals surface area contributed by atoms with Crippen molar-refractivity contribution in [2.75, 3.05) is 19.0 Å². The highest BCUT2D eigenvalue weighted by Crippen LogP contribution is 2.33. The number of aliphatic hydroxyl groups excluding tert-OH is 1. The number of benzene rings is 2. The molecule has 0 spiro atoms. The van der Waals surface area contributed by atoms with Crippen LogP contribution in [0.5, 0.6) is 0 Å². The lowest BCUT2D eigenvalue weighted by atomic mass is 10.0. The first-order chi connectivity index (χ1) is 9.41. The van der Waals surface area contributed by atoms with Crippen LogP contribution in [0, 0.1) is 5.82 Å². The molecule has 5 heteroatoms. The van der Waals surface area contributed by atoms with Crippen LogP contribution in [0.25, 0.3) is 0 Å². The van der Waals surface area contributed by atoms with Gasteiger partial charge in [-0.1, -0.05) is 29.8 Å². The zero-order valence-electron chi connectivity index (χ0n) is 11.1. The van der Waals surface area contributed by atoms with E-state index in [0.717, 1.165) is 5.69 Å². The number of aliphatic hydroxyl groups is 1. The maximum atomic E-state index is 14.1. The van der Waals surface area contributed by atoms with Crippen molar-refractivity contribution in [3.8, 4) is 0 Å². The number of halogens is 3. The molecule has 2 aromatic rings. The van der Waals surface area contributed by atoms with Crippen LogP contribution < -0.4 is 4.90 Å². The van der Waals surface area contributed by atoms with Gasteiger partial charge in [-0.15, -0.1) is 0 Å². The van der Waals surface area contributed by atoms with Crippen molar-refractivity contribution in [1.29, 1.82) is 0 Å². The summed E-state index contributed by atoms with van der Waals surface area (Å²) in [5, 5.41) is 10.3. The fourth-order valence-corrected chi connectivity index (χ4v) is 2.36. The normalized spacial score (nSPS) is 12.3. The second kappa shape index (κ2) is 6.12. The smallest absolute Gasteiger partial charge is 0.149 e. The Morgan fingerprint density at radius 2 is 1.75 bits per heavy atom. The summed E-state index contributed by atoms with van der Waals surface area (Å²) in [4.78, 5) is 1.95. The van der Waals surface area contributed by atoms with Crippen LogP contribution in [-0.4, -0.2) is 19.2 Å². The predicted molar refractivity (Wildman–Crippen MR) is 83.9 cm³/mol. The highest BCUT2D eigenvalue weighted by atomic mass is 79.9. The van der Waals surface area contributed by atoms with Crippen LogP contribution in [0.1, 0.15) is 17.2 Å². The highest BCUT2D eigenvalue weighted by molar-refractivity contribution is 9.10. The lowest BCUT2D eigenvalue weighted by Gasteiger charge is -2.16. The predicted octanol–water partition coefficient (Wildman–Crippen LogP) is 4.39. The van der Waals surface area contributed by atoms with Crippen molar-refractivity contribution >= 4 is 33.2 Å². The minimum absolute atomic E-state index is 0.0218. The van der Waals surface area contributed by atoms with E-state index < -0.39 is 11.9 Å². The summed E-state index contributed by atoms with van der Waals surface area (Å²) < 4.78 is 14.5. The lowest BCUT2D eigenvalue weighted by molar-refractivity contribution is 0.215. The summed E-state index contributed by atoms with van der Waals surface area (Å²) in [6.45, 7) is 0. The van der Waals surface area contributed by atoms with Gasteiger partial charge in [-0.3, -0.25) is 0 Å². The first kappa shape index (κ1) is 15.3. The van der Waals surface area contributed by atoms with Crippen LogP contribution in [0.3, 0.4) is 0 Å². The van der Waals surface area contributed by atoms with Gasteiger partial charge in [0.1, 0.15) is 11.9 Å². The van der Waals surface area contributed by atoms with E-state index in [1.54, 1.807) is 18.2 Å². The number of hydrogen-bond donors (Lipinski definition) is 1. The minimum atomic E-state index is -1.04. The molecule has 0 bridgehead atoms. The Kier molecular flexibility index (Phi) is 4.68. The molecule has 2 aromatic carbocycles. The Bertz CT molecular complexity index is 616. The Labute approximate surface area is 130 Å². The third kappa shape index (κ3) is 2.97. The average Bonchev–Trinajstić information content (AvgIpc) is 2.44. The maximum absolute atomic E-state index is 14.1. The Morgan fingerprint density at radius 1 is 1.15 bits per heavy atom. The van der Waals surface area contributed by atoms with E-state index >= 15 is 0 Å². The quantitative estimate of drug-likeness (QED) is 0.823. The van der Waals surface area contributed by atoms with Crippen LogP contribution >= 0.6 is 27.5 Å². The van der Waals surface area contributed by atoms with E-state index in [9.17, 15) is 9.50 Å². The average molecular weight is 359 g/mol. The van der Waals surface area contributed by atoms with E-state index in [1.165, 1.54) is 6.07 Å². The molecular weight excluding hydrogens is 345 g/mol. The van der Waals surface area contributed by atoms with Crippen molar-refractivity contribution < 1.29 is 9.50 Å². The van der Waals surface area contributed by atoms with Crippen molar-refractivity contribution in [3.05, 3.63) is 62.8 Å². The van der Waals surface area contributed by atoms with Gasteiger partial charge >= 0.3 is 0 Å². The van der Waals surface area contributed by atoms with Gasteiger partial charge < -0.3 is 10.0 Å². The summed E-state index contributed by atoms with van der Waals surface area (Å²) in [7, 11) is 3.86. The van der Waals surface area contributed by atoms with Gasteiger partial charge in [-0.2, -0.15) is 0 Å². The van der Waals surface area contributed by atoms with E-state index in [-0.39, 0.29) is 10.6 Å². The van der Waals surface area contributed by atoms with Gasteiger partial charge in [0.05, 0.1) is 5.02 Å². The van der Waals surface area contributed by atoms with Crippen molar-refractivity contribution in [2.45, 2.75) is 6.10 Å². The Hall–Kier alpha value is -1.10. The minimum Gasteiger partial charge on any atom is -0.384 e. The van der Waals surface area contributed by atoms with Crippen LogP contribution in [0.2, 0.25) is 5.02 Å². The monoisotopic (exact) mass is 357 g/mol. The van der Waals surface area contributed by atoms with Gasteiger partial charge in [0.25, 0.3) is 0 Å². The van der Waals surface area contributed by atoms with Gasteiger partial charge in [0.2, 0.25) is 0 Å². The van der Waals surface area contributed by atoms with Gasteiger partial charge in [-0.25, -0.2) is 4.39 Å². The molecule has 2 rings (SSSR count). The molecule has 0 radical (unpaired) electrons. The SMILES string of the molecule is CN(C)c1ccc(C(O)c2ccc(Br)c(Cl)c2F)cc1. The summed E-state index contributed by atoms with van der Waals surface area (Å²) in [5.41, 5.74) is 1.79. The summed E-state index contributed by atoms with van der Waals surface area (Å²) in [6, 6.07) is 10.4. The summed E-state index contributed by atoms with van der Waals surface area (Å²) >= 11 is 8.99. The van der Waals surface area contributed by atoms with Crippen LogP contribution in [-0.2, 0) is 0 Å². The standard InChI is InChI=1S/C15H14BrClFNO/c1-19(2)10-5-3-9(4-6-10)15(20)11-7-8-12(16)13(17)14(11)18/h3-8,15,20H,1-2H3. The van der Waals surface area contributed by atoms with E-state index in [2.05, 4.69) is 15.9 Å². The number of hydrogen-bond acceptors (Lipinski definition) is 2. The Morgan fingerprint density at radius 3 is 2.30 bits per heavy atom. The molecule has 106 valence electrons. The van der Waals surface area contributed by atoms with Gasteiger partial charge in [-0.05, 0) is 39.7 Å². The van der Waals surface area contributed by atoms with E-state index in [4.69, 9.17) is 11.6 Å². The molecule has 0 fully saturated rings. The number of nitrogens with zero attached hydrogens (tertiary/aromatic N) is 1. The third-order valence-electron chi connectivity index (χ3n) is 3.08. The largest absolute Gasteiger partial charge is 0.384 e. The maximum Gasteiger partial charge on any atom is 0.149 e. The summed E-state index contributed by atoms with van der Waals surface area (Å²) in [6.07, 6.45) is -1.04. The van der Waals surface area contributed by atoms with Crippen molar-refractivity contribution in [2.24, 2.45) is 0 Å². The molecular formula is C15H14BrClFNO. The molecule has 0 aliphatic heterocycles. The second-order valence-electron chi connectivity index (χ2n) is 4.65. The Balaban J connectivity index is 2.36. The van der Waals surface area contributed by atoms with Crippen molar-refractivity contribution in [1.82, 2.24) is 0 Å². The second-order valence-corrected chi connectivity index (χ2v) is 5.89. The third-order valence-corrected chi connectivity index (χ3v) is 4.34. The fourth-order valence-electron chi connectivity index (χ4n) is 1.89.